The first kappa shape index (κ1) is 42.0. The molecule has 0 saturated heterocycles. The molecule has 1 heteroatoms. The molecule has 8 aromatic rings. The van der Waals surface area contributed by atoms with Crippen LogP contribution in [-0.2, 0) is 10.8 Å². The number of hydrogen-bond acceptors (Lipinski definition) is 1. The van der Waals surface area contributed by atoms with Crippen LogP contribution in [0.1, 0.15) is 93.8 Å². The molecule has 10 rings (SSSR count). The Morgan fingerprint density at radius 1 is 0.477 bits per heavy atom. The fraction of sp³-hybridized carbons (Fsp3) is 0.188. The molecule has 0 unspecified atom stereocenters. The molecule has 2 aliphatic carbocycles. The summed E-state index contributed by atoms with van der Waals surface area (Å²) in [6, 6.07) is 63.9. The van der Waals surface area contributed by atoms with Gasteiger partial charge in [0.25, 0.3) is 0 Å². The van der Waals surface area contributed by atoms with Crippen molar-refractivity contribution in [2.24, 2.45) is 0 Å². The molecule has 0 atom stereocenters. The molecule has 65 heavy (non-hydrogen) atoms. The van der Waals surface area contributed by atoms with Crippen molar-refractivity contribution in [1.29, 1.82) is 0 Å². The lowest BCUT2D eigenvalue weighted by Crippen LogP contribution is -2.17. The monoisotopic (exact) mass is 841 g/mol. The van der Waals surface area contributed by atoms with Crippen molar-refractivity contribution in [2.75, 3.05) is 4.90 Å². The van der Waals surface area contributed by atoms with E-state index in [-0.39, 0.29) is 10.8 Å². The topological polar surface area (TPSA) is 3.24 Å². The van der Waals surface area contributed by atoms with Crippen molar-refractivity contribution in [3.63, 3.8) is 0 Å². The Morgan fingerprint density at radius 3 is 1.78 bits per heavy atom. The maximum absolute atomic E-state index is 2.48. The number of rotatable bonds is 9. The van der Waals surface area contributed by atoms with Crippen molar-refractivity contribution < 1.29 is 0 Å². The van der Waals surface area contributed by atoms with E-state index in [0.717, 1.165) is 23.5 Å². The third-order valence-corrected chi connectivity index (χ3v) is 14.8. The van der Waals surface area contributed by atoms with Crippen molar-refractivity contribution in [2.45, 2.75) is 79.6 Å². The lowest BCUT2D eigenvalue weighted by molar-refractivity contribution is 0.660. The summed E-state index contributed by atoms with van der Waals surface area (Å²) in [6.07, 6.45) is 5.47. The average Bonchev–Trinajstić information content (AvgIpc) is 3.69. The second-order valence-corrected chi connectivity index (χ2v) is 19.3. The van der Waals surface area contributed by atoms with Gasteiger partial charge in [-0.1, -0.05) is 180 Å². The van der Waals surface area contributed by atoms with Gasteiger partial charge in [0.2, 0.25) is 0 Å². The molecular formula is C64H59N. The fourth-order valence-electron chi connectivity index (χ4n) is 11.0. The van der Waals surface area contributed by atoms with E-state index >= 15 is 0 Å². The van der Waals surface area contributed by atoms with E-state index in [9.17, 15) is 0 Å². The van der Waals surface area contributed by atoms with Gasteiger partial charge in [-0.05, 0) is 177 Å². The molecule has 0 aliphatic heterocycles. The van der Waals surface area contributed by atoms with Crippen LogP contribution in [0.15, 0.2) is 188 Å². The summed E-state index contributed by atoms with van der Waals surface area (Å²) in [5.41, 5.74) is 28.1. The lowest BCUT2D eigenvalue weighted by atomic mass is 9.80. The van der Waals surface area contributed by atoms with Crippen LogP contribution in [0, 0.1) is 13.8 Å². The van der Waals surface area contributed by atoms with Gasteiger partial charge in [0.15, 0.2) is 0 Å². The van der Waals surface area contributed by atoms with Gasteiger partial charge in [-0.25, -0.2) is 0 Å². The molecule has 0 fully saturated rings. The van der Waals surface area contributed by atoms with E-state index in [1.807, 2.05) is 0 Å². The van der Waals surface area contributed by atoms with Gasteiger partial charge in [-0.3, -0.25) is 0 Å². The molecule has 0 N–H and O–H groups in total. The number of fused-ring (bicyclic) bond motifs is 6. The van der Waals surface area contributed by atoms with Gasteiger partial charge in [0, 0.05) is 27.9 Å². The third-order valence-electron chi connectivity index (χ3n) is 14.8. The maximum Gasteiger partial charge on any atom is 0.0468 e. The smallest absolute Gasteiger partial charge is 0.0468 e. The SMILES string of the molecule is C/C=C\C(=C(\C)CC)c1cccc(-c2c(C)cccc2-c2ccc3c(c2)C(C)(C)c2cc(N(c4ccc(-c5ccccc5)cc4)c4ccc5c(c4)-c4ccccc4C5(C)C)ccc2-3)c1C. The normalized spacial score (nSPS) is 14.4. The number of anilines is 3. The summed E-state index contributed by atoms with van der Waals surface area (Å²) in [5.74, 6) is 0. The summed E-state index contributed by atoms with van der Waals surface area (Å²) in [4.78, 5) is 2.46. The largest absolute Gasteiger partial charge is 0.310 e. The van der Waals surface area contributed by atoms with E-state index in [1.165, 1.54) is 106 Å². The summed E-state index contributed by atoms with van der Waals surface area (Å²) in [7, 11) is 0. The molecule has 0 heterocycles. The minimum atomic E-state index is -0.232. The highest BCUT2D eigenvalue weighted by Gasteiger charge is 2.38. The number of benzene rings is 8. The predicted molar refractivity (Wildman–Crippen MR) is 280 cm³/mol. The molecule has 0 radical (unpaired) electrons. The zero-order valence-corrected chi connectivity index (χ0v) is 39.5. The van der Waals surface area contributed by atoms with Crippen LogP contribution >= 0.6 is 0 Å². The molecule has 0 spiro atoms. The number of hydrogen-bond donors (Lipinski definition) is 0. The summed E-state index contributed by atoms with van der Waals surface area (Å²) in [5, 5.41) is 0. The fourth-order valence-corrected chi connectivity index (χ4v) is 11.0. The van der Waals surface area contributed by atoms with Gasteiger partial charge < -0.3 is 4.90 Å². The second-order valence-electron chi connectivity index (χ2n) is 19.3. The van der Waals surface area contributed by atoms with Gasteiger partial charge in [0.05, 0.1) is 0 Å². The highest BCUT2D eigenvalue weighted by Crippen LogP contribution is 2.54. The van der Waals surface area contributed by atoms with Gasteiger partial charge in [0.1, 0.15) is 0 Å². The van der Waals surface area contributed by atoms with Crippen LogP contribution in [0.25, 0.3) is 61.2 Å². The molecule has 0 aromatic heterocycles. The predicted octanol–water partition coefficient (Wildman–Crippen LogP) is 18.1. The van der Waals surface area contributed by atoms with Crippen molar-refractivity contribution in [1.82, 2.24) is 0 Å². The summed E-state index contributed by atoms with van der Waals surface area (Å²) in [6.45, 7) is 20.7. The van der Waals surface area contributed by atoms with Crippen LogP contribution in [0.4, 0.5) is 17.1 Å². The third kappa shape index (κ3) is 6.92. The van der Waals surface area contributed by atoms with Crippen LogP contribution in [0.5, 0.6) is 0 Å². The number of nitrogens with zero attached hydrogens (tertiary/aromatic N) is 1. The standard InChI is InChI=1S/C64H59N/c1-10-19-50(41(3)11-2)51-24-18-25-52(43(51)5)62-42(4)20-17-26-53(62)46-30-35-55-56-36-33-49(40-61(56)64(8,9)60(55)38-46)65(47-31-28-45(29-32-47)44-21-13-12-14-22-44)48-34-37-59-57(39-48)54-23-15-16-27-58(54)63(59,6)7/h10,12-40H,11H2,1-9H3/b19-10-,50-41+. The number of allylic oxidation sites excluding steroid dienone is 4. The zero-order chi connectivity index (χ0) is 45.2. The Kier molecular flexibility index (Phi) is 10.5. The molecule has 2 aliphatic rings. The van der Waals surface area contributed by atoms with E-state index in [1.54, 1.807) is 0 Å². The molecule has 8 aromatic carbocycles. The highest BCUT2D eigenvalue weighted by atomic mass is 15.1. The summed E-state index contributed by atoms with van der Waals surface area (Å²) >= 11 is 0. The minimum Gasteiger partial charge on any atom is -0.310 e. The van der Waals surface area contributed by atoms with Crippen molar-refractivity contribution in [3.05, 3.63) is 227 Å². The van der Waals surface area contributed by atoms with E-state index < -0.39 is 0 Å². The second kappa shape index (κ2) is 16.2. The molecule has 1 nitrogen and oxygen atoms in total. The zero-order valence-electron chi connectivity index (χ0n) is 39.5. The van der Waals surface area contributed by atoms with E-state index in [0.29, 0.717) is 0 Å². The van der Waals surface area contributed by atoms with Crippen molar-refractivity contribution in [3.8, 4) is 55.6 Å². The van der Waals surface area contributed by atoms with Crippen molar-refractivity contribution >= 4 is 22.6 Å². The minimum absolute atomic E-state index is 0.0578. The molecular weight excluding hydrogens is 783 g/mol. The van der Waals surface area contributed by atoms with Gasteiger partial charge >= 0.3 is 0 Å². The van der Waals surface area contributed by atoms with Gasteiger partial charge in [-0.2, -0.15) is 0 Å². The van der Waals surface area contributed by atoms with Crippen LogP contribution in [0.3, 0.4) is 0 Å². The summed E-state index contributed by atoms with van der Waals surface area (Å²) < 4.78 is 0. The maximum atomic E-state index is 2.48. The first-order valence-electron chi connectivity index (χ1n) is 23.4. The Morgan fingerprint density at radius 2 is 1.03 bits per heavy atom. The first-order valence-corrected chi connectivity index (χ1v) is 23.4. The van der Waals surface area contributed by atoms with E-state index in [2.05, 4.69) is 249 Å². The Balaban J connectivity index is 1.08. The Bertz CT molecular complexity index is 3210. The first-order chi connectivity index (χ1) is 31.4. The number of aryl methyl sites for hydroxylation is 1. The van der Waals surface area contributed by atoms with Crippen LogP contribution in [0.2, 0.25) is 0 Å². The molecule has 0 bridgehead atoms. The van der Waals surface area contributed by atoms with Crippen LogP contribution in [-0.4, -0.2) is 0 Å². The Hall–Kier alpha value is -6.96. The van der Waals surface area contributed by atoms with Crippen LogP contribution < -0.4 is 4.90 Å². The molecule has 0 amide bonds. The quantitative estimate of drug-likeness (QED) is 0.131. The average molecular weight is 842 g/mol. The molecule has 320 valence electrons. The lowest BCUT2D eigenvalue weighted by Gasteiger charge is -2.29. The van der Waals surface area contributed by atoms with E-state index in [4.69, 9.17) is 0 Å². The highest BCUT2D eigenvalue weighted by molar-refractivity contribution is 5.94. The molecule has 0 saturated carbocycles. The Labute approximate surface area is 387 Å². The van der Waals surface area contributed by atoms with Gasteiger partial charge in [-0.15, -0.1) is 0 Å².